The highest BCUT2D eigenvalue weighted by molar-refractivity contribution is 6.31. The molecule has 1 rings (SSSR count). The molecule has 3 N–H and O–H groups in total. The van der Waals surface area contributed by atoms with Gasteiger partial charge in [-0.2, -0.15) is 0 Å². The monoisotopic (exact) mass is 216 g/mol. The fourth-order valence-electron chi connectivity index (χ4n) is 0.925. The summed E-state index contributed by atoms with van der Waals surface area (Å²) in [7, 11) is 0. The van der Waals surface area contributed by atoms with Crippen LogP contribution in [-0.2, 0) is 0 Å². The Morgan fingerprint density at radius 1 is 1.07 bits per heavy atom. The summed E-state index contributed by atoms with van der Waals surface area (Å²) in [5, 5.41) is 26.3. The number of aromatic hydroxyl groups is 1. The first-order valence-corrected chi connectivity index (χ1v) is 3.80. The van der Waals surface area contributed by atoms with E-state index in [1.807, 2.05) is 0 Å². The molecule has 0 heterocycles. The van der Waals surface area contributed by atoms with Crippen molar-refractivity contribution < 1.29 is 24.9 Å². The Morgan fingerprint density at radius 3 is 1.71 bits per heavy atom. The lowest BCUT2D eigenvalue weighted by atomic mass is 10.1. The normalized spacial score (nSPS) is 9.79. The van der Waals surface area contributed by atoms with Gasteiger partial charge in [-0.05, 0) is 12.1 Å². The molecule has 0 aliphatic heterocycles. The smallest absolute Gasteiger partial charge is 0.339 e. The van der Waals surface area contributed by atoms with Gasteiger partial charge in [-0.1, -0.05) is 11.6 Å². The van der Waals surface area contributed by atoms with Crippen LogP contribution in [0.25, 0.3) is 0 Å². The topological polar surface area (TPSA) is 94.8 Å². The standard InChI is InChI=1S/C8H5ClO5/c9-3-1-4(7(11)12)6(10)5(2-3)8(13)14/h1-2,10H,(H,11,12)(H,13,14). The van der Waals surface area contributed by atoms with Crippen molar-refractivity contribution in [3.05, 3.63) is 28.3 Å². The maximum absolute atomic E-state index is 10.5. The molecule has 0 saturated heterocycles. The van der Waals surface area contributed by atoms with Gasteiger partial charge in [-0.3, -0.25) is 0 Å². The van der Waals surface area contributed by atoms with E-state index in [9.17, 15) is 14.7 Å². The second kappa shape index (κ2) is 3.55. The lowest BCUT2D eigenvalue weighted by Gasteiger charge is -2.03. The number of carboxylic acid groups (broad SMARTS) is 2. The summed E-state index contributed by atoms with van der Waals surface area (Å²) < 4.78 is 0. The third-order valence-corrected chi connectivity index (χ3v) is 1.75. The number of halogens is 1. The van der Waals surface area contributed by atoms with Crippen LogP contribution in [0.2, 0.25) is 5.02 Å². The minimum Gasteiger partial charge on any atom is -0.506 e. The first-order valence-electron chi connectivity index (χ1n) is 3.42. The molecular formula is C8H5ClO5. The predicted molar refractivity (Wildman–Crippen MR) is 47.0 cm³/mol. The third-order valence-electron chi connectivity index (χ3n) is 1.54. The molecule has 0 spiro atoms. The molecule has 0 aromatic heterocycles. The van der Waals surface area contributed by atoms with Crippen LogP contribution in [0.3, 0.4) is 0 Å². The Hall–Kier alpha value is -1.75. The van der Waals surface area contributed by atoms with E-state index in [1.54, 1.807) is 0 Å². The molecule has 0 aliphatic carbocycles. The number of phenols is 1. The molecule has 0 radical (unpaired) electrons. The summed E-state index contributed by atoms with van der Waals surface area (Å²) in [6, 6.07) is 1.96. The molecule has 0 unspecified atom stereocenters. The summed E-state index contributed by atoms with van der Waals surface area (Å²) in [6.07, 6.45) is 0. The quantitative estimate of drug-likeness (QED) is 0.695. The molecular weight excluding hydrogens is 212 g/mol. The molecule has 0 saturated carbocycles. The van der Waals surface area contributed by atoms with Crippen molar-refractivity contribution >= 4 is 23.5 Å². The van der Waals surface area contributed by atoms with Crippen LogP contribution in [0.4, 0.5) is 0 Å². The van der Waals surface area contributed by atoms with E-state index in [0.29, 0.717) is 0 Å². The third kappa shape index (κ3) is 1.77. The van der Waals surface area contributed by atoms with Crippen molar-refractivity contribution in [3.63, 3.8) is 0 Å². The number of carbonyl (C=O) groups is 2. The molecule has 1 aromatic carbocycles. The van der Waals surface area contributed by atoms with Gasteiger partial charge in [-0.25, -0.2) is 9.59 Å². The van der Waals surface area contributed by atoms with E-state index in [4.69, 9.17) is 21.8 Å². The van der Waals surface area contributed by atoms with Gasteiger partial charge in [-0.15, -0.1) is 0 Å². The van der Waals surface area contributed by atoms with E-state index in [2.05, 4.69) is 0 Å². The molecule has 1 aromatic rings. The zero-order chi connectivity index (χ0) is 10.9. The first kappa shape index (κ1) is 10.3. The number of aromatic carboxylic acids is 2. The molecule has 0 bridgehead atoms. The highest BCUT2D eigenvalue weighted by Gasteiger charge is 2.18. The molecule has 0 aliphatic rings. The Morgan fingerprint density at radius 2 is 1.43 bits per heavy atom. The lowest BCUT2D eigenvalue weighted by molar-refractivity contribution is 0.0691. The van der Waals surface area contributed by atoms with E-state index < -0.39 is 28.8 Å². The largest absolute Gasteiger partial charge is 0.506 e. The molecule has 0 fully saturated rings. The van der Waals surface area contributed by atoms with Gasteiger partial charge < -0.3 is 15.3 Å². The van der Waals surface area contributed by atoms with E-state index in [1.165, 1.54) is 0 Å². The van der Waals surface area contributed by atoms with Crippen LogP contribution in [0.15, 0.2) is 12.1 Å². The van der Waals surface area contributed by atoms with Gasteiger partial charge in [0, 0.05) is 5.02 Å². The average molecular weight is 217 g/mol. The second-order valence-corrected chi connectivity index (χ2v) is 2.90. The van der Waals surface area contributed by atoms with Crippen molar-refractivity contribution in [1.29, 1.82) is 0 Å². The molecule has 0 atom stereocenters. The van der Waals surface area contributed by atoms with Crippen LogP contribution in [-0.4, -0.2) is 27.3 Å². The highest BCUT2D eigenvalue weighted by atomic mass is 35.5. The molecule has 0 amide bonds. The zero-order valence-corrected chi connectivity index (χ0v) is 7.45. The highest BCUT2D eigenvalue weighted by Crippen LogP contribution is 2.27. The Labute approximate surface area is 83.2 Å². The summed E-state index contributed by atoms with van der Waals surface area (Å²) >= 11 is 5.47. The van der Waals surface area contributed by atoms with E-state index >= 15 is 0 Å². The number of carboxylic acids is 2. The average Bonchev–Trinajstić information content (AvgIpc) is 2.07. The minimum absolute atomic E-state index is 0.0578. The van der Waals surface area contributed by atoms with Crippen LogP contribution in [0, 0.1) is 0 Å². The van der Waals surface area contributed by atoms with Gasteiger partial charge in [0.05, 0.1) is 0 Å². The maximum atomic E-state index is 10.5. The van der Waals surface area contributed by atoms with Crippen molar-refractivity contribution in [2.75, 3.05) is 0 Å². The summed E-state index contributed by atoms with van der Waals surface area (Å²) in [6.45, 7) is 0. The van der Waals surface area contributed by atoms with Crippen LogP contribution >= 0.6 is 11.6 Å². The van der Waals surface area contributed by atoms with Gasteiger partial charge in [0.1, 0.15) is 16.9 Å². The van der Waals surface area contributed by atoms with E-state index in [0.717, 1.165) is 12.1 Å². The van der Waals surface area contributed by atoms with Gasteiger partial charge in [0.2, 0.25) is 0 Å². The number of hydrogen-bond acceptors (Lipinski definition) is 3. The van der Waals surface area contributed by atoms with Crippen LogP contribution in [0.1, 0.15) is 20.7 Å². The fraction of sp³-hybridized carbons (Fsp3) is 0. The van der Waals surface area contributed by atoms with Gasteiger partial charge in [0.25, 0.3) is 0 Å². The van der Waals surface area contributed by atoms with Crippen molar-refractivity contribution in [3.8, 4) is 5.75 Å². The first-order chi connectivity index (χ1) is 6.43. The molecule has 14 heavy (non-hydrogen) atoms. The van der Waals surface area contributed by atoms with Gasteiger partial charge >= 0.3 is 11.9 Å². The summed E-state index contributed by atoms with van der Waals surface area (Å²) in [5.74, 6) is -3.67. The van der Waals surface area contributed by atoms with E-state index in [-0.39, 0.29) is 5.02 Å². The predicted octanol–water partition coefficient (Wildman–Crippen LogP) is 1.44. The minimum atomic E-state index is -1.44. The van der Waals surface area contributed by atoms with Crippen LogP contribution in [0.5, 0.6) is 5.75 Å². The summed E-state index contributed by atoms with van der Waals surface area (Å²) in [4.78, 5) is 21.1. The Balaban J connectivity index is 3.47. The molecule has 74 valence electrons. The zero-order valence-electron chi connectivity index (χ0n) is 6.69. The Kier molecular flexibility index (Phi) is 2.62. The molecule has 5 nitrogen and oxygen atoms in total. The second-order valence-electron chi connectivity index (χ2n) is 2.46. The number of hydrogen-bond donors (Lipinski definition) is 3. The molecule has 6 heteroatoms. The fourth-order valence-corrected chi connectivity index (χ4v) is 1.14. The lowest BCUT2D eigenvalue weighted by Crippen LogP contribution is -2.03. The van der Waals surface area contributed by atoms with Crippen molar-refractivity contribution in [1.82, 2.24) is 0 Å². The number of rotatable bonds is 2. The van der Waals surface area contributed by atoms with Crippen LogP contribution < -0.4 is 0 Å². The number of benzene rings is 1. The maximum Gasteiger partial charge on any atom is 0.339 e. The summed E-state index contributed by atoms with van der Waals surface area (Å²) in [5.41, 5.74) is -1.06. The van der Waals surface area contributed by atoms with Crippen molar-refractivity contribution in [2.45, 2.75) is 0 Å². The SMILES string of the molecule is O=C(O)c1cc(Cl)cc(C(=O)O)c1O. The van der Waals surface area contributed by atoms with Crippen molar-refractivity contribution in [2.24, 2.45) is 0 Å². The van der Waals surface area contributed by atoms with Gasteiger partial charge in [0.15, 0.2) is 0 Å². The Bertz CT molecular complexity index is 377.